The number of benzene rings is 2. The Kier molecular flexibility index (Phi) is 4.03. The van der Waals surface area contributed by atoms with Crippen LogP contribution >= 0.6 is 11.6 Å². The summed E-state index contributed by atoms with van der Waals surface area (Å²) in [6.45, 7) is 3.72. The molecule has 0 unspecified atom stereocenters. The maximum Gasteiger partial charge on any atom is 0.283 e. The molecule has 2 aromatic rings. The first-order chi connectivity index (χ1) is 11.4. The van der Waals surface area contributed by atoms with Gasteiger partial charge in [0.2, 0.25) is 0 Å². The predicted molar refractivity (Wildman–Crippen MR) is 93.0 cm³/mol. The van der Waals surface area contributed by atoms with Gasteiger partial charge in [0.25, 0.3) is 11.8 Å². The lowest BCUT2D eigenvalue weighted by Gasteiger charge is -2.16. The van der Waals surface area contributed by atoms with Crippen molar-refractivity contribution in [3.8, 4) is 5.75 Å². The zero-order chi connectivity index (χ0) is 17.4. The maximum atomic E-state index is 12.7. The number of amides is 2. The van der Waals surface area contributed by atoms with Crippen LogP contribution in [0.4, 0.5) is 11.4 Å². The average Bonchev–Trinajstić information content (AvgIpc) is 2.74. The Bertz CT molecular complexity index is 890. The van der Waals surface area contributed by atoms with E-state index in [9.17, 15) is 14.7 Å². The fraction of sp³-hybridized carbons (Fsp3) is 0.111. The minimum atomic E-state index is -0.595. The van der Waals surface area contributed by atoms with E-state index in [-0.39, 0.29) is 16.5 Å². The second kappa shape index (κ2) is 6.02. The van der Waals surface area contributed by atoms with Gasteiger partial charge in [0.1, 0.15) is 16.5 Å². The van der Waals surface area contributed by atoms with Crippen LogP contribution in [-0.4, -0.2) is 16.9 Å². The van der Waals surface area contributed by atoms with Crippen molar-refractivity contribution in [1.29, 1.82) is 0 Å². The summed E-state index contributed by atoms with van der Waals surface area (Å²) in [5.74, 6) is -1.19. The third kappa shape index (κ3) is 2.74. The number of carbonyl (C=O) groups is 2. The van der Waals surface area contributed by atoms with Gasteiger partial charge in [-0.1, -0.05) is 29.8 Å². The summed E-state index contributed by atoms with van der Waals surface area (Å²) >= 11 is 6.07. The Labute approximate surface area is 144 Å². The molecule has 2 amide bonds. The van der Waals surface area contributed by atoms with Crippen LogP contribution in [0.1, 0.15) is 11.1 Å². The number of phenols is 1. The van der Waals surface area contributed by atoms with E-state index < -0.39 is 11.8 Å². The number of halogens is 1. The standard InChI is InChI=1S/C18H15ClN2O3/c1-10-4-3-5-12(8-10)21-17(23)15(19)16(18(21)24)20-13-9-11(2)6-7-14(13)22/h3-9,20,22H,1-2H3. The van der Waals surface area contributed by atoms with Crippen LogP contribution in [0, 0.1) is 13.8 Å². The molecular formula is C18H15ClN2O3. The summed E-state index contributed by atoms with van der Waals surface area (Å²) in [6, 6.07) is 11.9. The third-order valence-electron chi connectivity index (χ3n) is 3.70. The van der Waals surface area contributed by atoms with Gasteiger partial charge in [-0.3, -0.25) is 9.59 Å². The van der Waals surface area contributed by atoms with Crippen molar-refractivity contribution in [1.82, 2.24) is 0 Å². The van der Waals surface area contributed by atoms with Crippen molar-refractivity contribution in [2.45, 2.75) is 13.8 Å². The Balaban J connectivity index is 1.96. The van der Waals surface area contributed by atoms with Crippen molar-refractivity contribution in [3.63, 3.8) is 0 Å². The number of anilines is 2. The number of hydrogen-bond donors (Lipinski definition) is 2. The van der Waals surface area contributed by atoms with Crippen LogP contribution in [0.25, 0.3) is 0 Å². The SMILES string of the molecule is Cc1cccc(N2C(=O)C(Cl)=C(Nc3cc(C)ccc3O)C2=O)c1. The quantitative estimate of drug-likeness (QED) is 0.662. The summed E-state index contributed by atoms with van der Waals surface area (Å²) < 4.78 is 0. The molecule has 0 spiro atoms. The van der Waals surface area contributed by atoms with Gasteiger partial charge in [-0.2, -0.15) is 0 Å². The lowest BCUT2D eigenvalue weighted by molar-refractivity contribution is -0.120. The van der Waals surface area contributed by atoms with Gasteiger partial charge in [0, 0.05) is 0 Å². The second-order valence-corrected chi connectivity index (χ2v) is 6.00. The Morgan fingerprint density at radius 3 is 2.42 bits per heavy atom. The number of aromatic hydroxyl groups is 1. The van der Waals surface area contributed by atoms with E-state index in [0.29, 0.717) is 11.4 Å². The number of imide groups is 1. The van der Waals surface area contributed by atoms with Crippen LogP contribution in [0.5, 0.6) is 5.75 Å². The fourth-order valence-corrected chi connectivity index (χ4v) is 2.71. The average molecular weight is 343 g/mol. The molecular weight excluding hydrogens is 328 g/mol. The van der Waals surface area contributed by atoms with Crippen LogP contribution in [0.2, 0.25) is 0 Å². The molecule has 0 fully saturated rings. The topological polar surface area (TPSA) is 69.6 Å². The van der Waals surface area contributed by atoms with E-state index in [2.05, 4.69) is 5.32 Å². The summed E-state index contributed by atoms with van der Waals surface area (Å²) in [6.07, 6.45) is 0. The minimum absolute atomic E-state index is 0.0354. The van der Waals surface area contributed by atoms with Gasteiger partial charge in [-0.15, -0.1) is 0 Å². The largest absolute Gasteiger partial charge is 0.506 e. The van der Waals surface area contributed by atoms with E-state index in [0.717, 1.165) is 16.0 Å². The first-order valence-corrected chi connectivity index (χ1v) is 7.68. The molecule has 5 nitrogen and oxygen atoms in total. The van der Waals surface area contributed by atoms with Gasteiger partial charge in [0.05, 0.1) is 11.4 Å². The zero-order valence-corrected chi connectivity index (χ0v) is 13.9. The molecule has 0 aromatic heterocycles. The Morgan fingerprint density at radius 1 is 1.00 bits per heavy atom. The molecule has 0 saturated heterocycles. The first-order valence-electron chi connectivity index (χ1n) is 7.30. The highest BCUT2D eigenvalue weighted by atomic mass is 35.5. The van der Waals surface area contributed by atoms with Crippen LogP contribution in [0.15, 0.2) is 53.2 Å². The van der Waals surface area contributed by atoms with E-state index >= 15 is 0 Å². The predicted octanol–water partition coefficient (Wildman–Crippen LogP) is 3.44. The molecule has 6 heteroatoms. The third-order valence-corrected chi connectivity index (χ3v) is 4.05. The molecule has 3 rings (SSSR count). The van der Waals surface area contributed by atoms with Crippen molar-refractivity contribution in [2.75, 3.05) is 10.2 Å². The molecule has 0 bridgehead atoms. The first kappa shape index (κ1) is 16.1. The van der Waals surface area contributed by atoms with Crippen molar-refractivity contribution >= 4 is 34.8 Å². The van der Waals surface area contributed by atoms with Crippen LogP contribution in [-0.2, 0) is 9.59 Å². The molecule has 1 aliphatic rings. The molecule has 2 aromatic carbocycles. The highest BCUT2D eigenvalue weighted by Gasteiger charge is 2.39. The van der Waals surface area contributed by atoms with Crippen LogP contribution in [0.3, 0.4) is 0 Å². The van der Waals surface area contributed by atoms with E-state index in [1.165, 1.54) is 6.07 Å². The van der Waals surface area contributed by atoms with Crippen molar-refractivity contribution in [3.05, 3.63) is 64.3 Å². The molecule has 0 atom stereocenters. The van der Waals surface area contributed by atoms with E-state index in [1.54, 1.807) is 30.3 Å². The smallest absolute Gasteiger partial charge is 0.283 e. The molecule has 122 valence electrons. The Morgan fingerprint density at radius 2 is 1.71 bits per heavy atom. The lowest BCUT2D eigenvalue weighted by atomic mass is 10.2. The number of hydrogen-bond acceptors (Lipinski definition) is 4. The van der Waals surface area contributed by atoms with Gasteiger partial charge >= 0.3 is 0 Å². The summed E-state index contributed by atoms with van der Waals surface area (Å²) in [5, 5.41) is 12.5. The number of rotatable bonds is 3. The molecule has 1 aliphatic heterocycles. The molecule has 2 N–H and O–H groups in total. The highest BCUT2D eigenvalue weighted by molar-refractivity contribution is 6.53. The van der Waals surface area contributed by atoms with E-state index in [4.69, 9.17) is 11.6 Å². The molecule has 0 radical (unpaired) electrons. The van der Waals surface area contributed by atoms with Crippen molar-refractivity contribution < 1.29 is 14.7 Å². The number of carbonyl (C=O) groups excluding carboxylic acids is 2. The Hall–Kier alpha value is -2.79. The molecule has 24 heavy (non-hydrogen) atoms. The summed E-state index contributed by atoms with van der Waals surface area (Å²) in [7, 11) is 0. The molecule has 0 aliphatic carbocycles. The summed E-state index contributed by atoms with van der Waals surface area (Å²) in [5.41, 5.74) is 2.52. The van der Waals surface area contributed by atoms with Gasteiger partial charge < -0.3 is 10.4 Å². The zero-order valence-electron chi connectivity index (χ0n) is 13.1. The van der Waals surface area contributed by atoms with Gasteiger partial charge in [-0.25, -0.2) is 4.90 Å². The molecule has 0 saturated carbocycles. The number of phenolic OH excluding ortho intramolecular Hbond substituents is 1. The second-order valence-electron chi connectivity index (χ2n) is 5.62. The molecule has 1 heterocycles. The number of aryl methyl sites for hydroxylation is 2. The monoisotopic (exact) mass is 342 g/mol. The van der Waals surface area contributed by atoms with Crippen molar-refractivity contribution in [2.24, 2.45) is 0 Å². The van der Waals surface area contributed by atoms with Crippen LogP contribution < -0.4 is 10.2 Å². The van der Waals surface area contributed by atoms with E-state index in [1.807, 2.05) is 19.9 Å². The van der Waals surface area contributed by atoms with Gasteiger partial charge in [0.15, 0.2) is 0 Å². The maximum absolute atomic E-state index is 12.7. The number of nitrogens with one attached hydrogen (secondary N) is 1. The normalized spacial score (nSPS) is 14.5. The number of nitrogens with zero attached hydrogens (tertiary/aromatic N) is 1. The minimum Gasteiger partial charge on any atom is -0.506 e. The summed E-state index contributed by atoms with van der Waals surface area (Å²) in [4.78, 5) is 26.1. The van der Waals surface area contributed by atoms with Gasteiger partial charge in [-0.05, 0) is 49.2 Å². The fourth-order valence-electron chi connectivity index (χ4n) is 2.50. The lowest BCUT2D eigenvalue weighted by Crippen LogP contribution is -2.32. The highest BCUT2D eigenvalue weighted by Crippen LogP contribution is 2.33.